The largest absolute Gasteiger partial charge is 0.433 e. The van der Waals surface area contributed by atoms with Gasteiger partial charge in [-0.25, -0.2) is 0 Å². The van der Waals surface area contributed by atoms with E-state index < -0.39 is 23.9 Å². The van der Waals surface area contributed by atoms with Crippen LogP contribution in [-0.2, 0) is 6.18 Å². The fourth-order valence-electron chi connectivity index (χ4n) is 1.39. The molecule has 7 heteroatoms. The number of carbonyl (C=O) groups is 1. The minimum atomic E-state index is -4.51. The predicted molar refractivity (Wildman–Crippen MR) is 62.5 cm³/mol. The number of aliphatic hydroxyl groups excluding tert-OH is 1. The third-order valence-electron chi connectivity index (χ3n) is 2.53. The summed E-state index contributed by atoms with van der Waals surface area (Å²) in [5.74, 6) is -0.429. The molecular formula is C12H15F3N2O2. The first-order valence-corrected chi connectivity index (χ1v) is 5.68. The first kappa shape index (κ1) is 15.4. The summed E-state index contributed by atoms with van der Waals surface area (Å²) in [6, 6.07) is 1.87. The molecule has 0 aromatic carbocycles. The Kier molecular flexibility index (Phi) is 4.88. The highest BCUT2D eigenvalue weighted by atomic mass is 19.4. The number of hydrogen-bond acceptors (Lipinski definition) is 3. The van der Waals surface area contributed by atoms with Gasteiger partial charge in [-0.3, -0.25) is 9.78 Å². The van der Waals surface area contributed by atoms with Crippen molar-refractivity contribution in [1.82, 2.24) is 9.88 Å². The fraction of sp³-hybridized carbons (Fsp3) is 0.500. The summed E-state index contributed by atoms with van der Waals surface area (Å²) in [6.07, 6.45) is -3.75. The number of pyridine rings is 1. The maximum Gasteiger partial charge on any atom is 0.433 e. The molecule has 4 nitrogen and oxygen atoms in total. The summed E-state index contributed by atoms with van der Waals surface area (Å²) < 4.78 is 36.9. The average Bonchev–Trinajstić information content (AvgIpc) is 2.34. The van der Waals surface area contributed by atoms with E-state index in [1.54, 1.807) is 6.92 Å². The van der Waals surface area contributed by atoms with Crippen molar-refractivity contribution >= 4 is 5.91 Å². The van der Waals surface area contributed by atoms with Crippen LogP contribution in [-0.4, -0.2) is 40.6 Å². The molecule has 1 rings (SSSR count). The molecule has 1 aromatic heterocycles. The SMILES string of the molecule is CC(O)CCN(C)C(=O)c1ccc(C(F)(F)F)nc1. The van der Waals surface area contributed by atoms with Crippen LogP contribution in [0.1, 0.15) is 29.4 Å². The van der Waals surface area contributed by atoms with Crippen LogP contribution < -0.4 is 0 Å². The van der Waals surface area contributed by atoms with Crippen LogP contribution in [0.3, 0.4) is 0 Å². The Morgan fingerprint density at radius 3 is 2.53 bits per heavy atom. The van der Waals surface area contributed by atoms with Gasteiger partial charge in [-0.05, 0) is 25.5 Å². The Labute approximate surface area is 108 Å². The van der Waals surface area contributed by atoms with Gasteiger partial charge in [0.05, 0.1) is 11.7 Å². The molecule has 0 bridgehead atoms. The van der Waals surface area contributed by atoms with E-state index in [2.05, 4.69) is 4.98 Å². The number of halogens is 3. The average molecular weight is 276 g/mol. The predicted octanol–water partition coefficient (Wildman–Crippen LogP) is 1.94. The topological polar surface area (TPSA) is 53.4 Å². The Morgan fingerprint density at radius 1 is 1.47 bits per heavy atom. The highest BCUT2D eigenvalue weighted by Gasteiger charge is 2.32. The van der Waals surface area contributed by atoms with Crippen molar-refractivity contribution in [1.29, 1.82) is 0 Å². The van der Waals surface area contributed by atoms with Crippen molar-refractivity contribution in [3.63, 3.8) is 0 Å². The van der Waals surface area contributed by atoms with Crippen molar-refractivity contribution in [3.8, 4) is 0 Å². The molecule has 1 heterocycles. The van der Waals surface area contributed by atoms with Crippen LogP contribution in [0.5, 0.6) is 0 Å². The molecule has 0 radical (unpaired) electrons. The van der Waals surface area contributed by atoms with Gasteiger partial charge in [-0.1, -0.05) is 0 Å². The van der Waals surface area contributed by atoms with E-state index in [1.807, 2.05) is 0 Å². The molecular weight excluding hydrogens is 261 g/mol. The van der Waals surface area contributed by atoms with Crippen molar-refractivity contribution in [3.05, 3.63) is 29.6 Å². The summed E-state index contributed by atoms with van der Waals surface area (Å²) >= 11 is 0. The van der Waals surface area contributed by atoms with Crippen LogP contribution in [0.2, 0.25) is 0 Å². The van der Waals surface area contributed by atoms with Crippen LogP contribution in [0.25, 0.3) is 0 Å². The zero-order valence-corrected chi connectivity index (χ0v) is 10.6. The molecule has 1 atom stereocenters. The van der Waals surface area contributed by atoms with Gasteiger partial charge < -0.3 is 10.0 Å². The molecule has 1 N–H and O–H groups in total. The van der Waals surface area contributed by atoms with E-state index >= 15 is 0 Å². The molecule has 106 valence electrons. The van der Waals surface area contributed by atoms with Crippen molar-refractivity contribution < 1.29 is 23.1 Å². The van der Waals surface area contributed by atoms with E-state index in [0.717, 1.165) is 18.3 Å². The van der Waals surface area contributed by atoms with Crippen molar-refractivity contribution in [2.75, 3.05) is 13.6 Å². The van der Waals surface area contributed by atoms with Gasteiger partial charge in [0.1, 0.15) is 5.69 Å². The highest BCUT2D eigenvalue weighted by molar-refractivity contribution is 5.93. The second-order valence-electron chi connectivity index (χ2n) is 4.29. The van der Waals surface area contributed by atoms with Crippen LogP contribution in [0, 0.1) is 0 Å². The van der Waals surface area contributed by atoms with E-state index in [-0.39, 0.29) is 5.56 Å². The molecule has 1 amide bonds. The number of aliphatic hydroxyl groups is 1. The molecule has 0 saturated carbocycles. The summed E-state index contributed by atoms with van der Waals surface area (Å²) in [5, 5.41) is 9.10. The number of aromatic nitrogens is 1. The normalized spacial score (nSPS) is 13.2. The minimum absolute atomic E-state index is 0.0843. The lowest BCUT2D eigenvalue weighted by atomic mass is 10.2. The molecule has 0 aliphatic rings. The number of alkyl halides is 3. The number of hydrogen-bond donors (Lipinski definition) is 1. The quantitative estimate of drug-likeness (QED) is 0.914. The lowest BCUT2D eigenvalue weighted by Crippen LogP contribution is -2.29. The molecule has 0 aliphatic heterocycles. The summed E-state index contributed by atoms with van der Waals surface area (Å²) in [7, 11) is 1.52. The standard InChI is InChI=1S/C12H15F3N2O2/c1-8(18)5-6-17(2)11(19)9-3-4-10(16-7-9)12(13,14)15/h3-4,7-8,18H,5-6H2,1-2H3. The molecule has 0 saturated heterocycles. The number of carbonyl (C=O) groups excluding carboxylic acids is 1. The van der Waals surface area contributed by atoms with Crippen LogP contribution >= 0.6 is 0 Å². The van der Waals surface area contributed by atoms with E-state index in [4.69, 9.17) is 5.11 Å². The van der Waals surface area contributed by atoms with E-state index in [0.29, 0.717) is 13.0 Å². The third-order valence-corrected chi connectivity index (χ3v) is 2.53. The molecule has 0 fully saturated rings. The van der Waals surface area contributed by atoms with Gasteiger partial charge in [0, 0.05) is 19.8 Å². The number of amides is 1. The smallest absolute Gasteiger partial charge is 0.393 e. The van der Waals surface area contributed by atoms with Gasteiger partial charge in [-0.2, -0.15) is 13.2 Å². The second kappa shape index (κ2) is 6.01. The second-order valence-corrected chi connectivity index (χ2v) is 4.29. The Hall–Kier alpha value is -1.63. The van der Waals surface area contributed by atoms with Gasteiger partial charge in [-0.15, -0.1) is 0 Å². The molecule has 19 heavy (non-hydrogen) atoms. The van der Waals surface area contributed by atoms with Gasteiger partial charge >= 0.3 is 6.18 Å². The molecule has 0 aliphatic carbocycles. The Balaban J connectivity index is 2.72. The van der Waals surface area contributed by atoms with Crippen LogP contribution in [0.15, 0.2) is 18.3 Å². The fourth-order valence-corrected chi connectivity index (χ4v) is 1.39. The highest BCUT2D eigenvalue weighted by Crippen LogP contribution is 2.27. The lowest BCUT2D eigenvalue weighted by Gasteiger charge is -2.18. The Bertz CT molecular complexity index is 430. The summed E-state index contributed by atoms with van der Waals surface area (Å²) in [4.78, 5) is 16.4. The molecule has 0 spiro atoms. The third kappa shape index (κ3) is 4.51. The first-order chi connectivity index (χ1) is 8.71. The summed E-state index contributed by atoms with van der Waals surface area (Å²) in [5.41, 5.74) is -0.947. The monoisotopic (exact) mass is 276 g/mol. The number of rotatable bonds is 4. The zero-order chi connectivity index (χ0) is 14.6. The van der Waals surface area contributed by atoms with Crippen molar-refractivity contribution in [2.24, 2.45) is 0 Å². The van der Waals surface area contributed by atoms with Gasteiger partial charge in [0.2, 0.25) is 0 Å². The molecule has 1 unspecified atom stereocenters. The van der Waals surface area contributed by atoms with Crippen LogP contribution in [0.4, 0.5) is 13.2 Å². The number of nitrogens with zero attached hydrogens (tertiary/aromatic N) is 2. The summed E-state index contributed by atoms with van der Waals surface area (Å²) in [6.45, 7) is 1.91. The van der Waals surface area contributed by atoms with Gasteiger partial charge in [0.25, 0.3) is 5.91 Å². The first-order valence-electron chi connectivity index (χ1n) is 5.68. The lowest BCUT2D eigenvalue weighted by molar-refractivity contribution is -0.141. The van der Waals surface area contributed by atoms with E-state index in [1.165, 1.54) is 11.9 Å². The molecule has 1 aromatic rings. The maximum atomic E-state index is 12.3. The minimum Gasteiger partial charge on any atom is -0.393 e. The van der Waals surface area contributed by atoms with Crippen molar-refractivity contribution in [2.45, 2.75) is 25.6 Å². The zero-order valence-electron chi connectivity index (χ0n) is 10.6. The Morgan fingerprint density at radius 2 is 2.11 bits per heavy atom. The maximum absolute atomic E-state index is 12.3. The van der Waals surface area contributed by atoms with E-state index in [9.17, 15) is 18.0 Å². The van der Waals surface area contributed by atoms with Gasteiger partial charge in [0.15, 0.2) is 0 Å².